The number of imide groups is 1. The molecule has 12 heteroatoms. The third-order valence-electron chi connectivity index (χ3n) is 3.77. The summed E-state index contributed by atoms with van der Waals surface area (Å²) >= 11 is 4.71. The zero-order valence-electron chi connectivity index (χ0n) is 19.3. The summed E-state index contributed by atoms with van der Waals surface area (Å²) in [6.45, 7) is 12.0. The standard InChI is InChI=1S/C21H24BrN5O5S/c1-11-8-9-33-14(11)17-26-25-16(30-17)13-15(23-10-12(22)24-13)27(18(28)31-20(2,3)4)19(29)32-21(5,6)7/h8-10H,1-7H3. The van der Waals surface area contributed by atoms with Gasteiger partial charge in [0.2, 0.25) is 0 Å². The second-order valence-corrected chi connectivity index (χ2v) is 10.7. The van der Waals surface area contributed by atoms with E-state index in [0.717, 1.165) is 10.4 Å². The number of aromatic nitrogens is 4. The quantitative estimate of drug-likeness (QED) is 0.395. The number of anilines is 1. The Balaban J connectivity index is 2.12. The normalized spacial score (nSPS) is 11.9. The van der Waals surface area contributed by atoms with Gasteiger partial charge in [-0.15, -0.1) is 21.5 Å². The van der Waals surface area contributed by atoms with Gasteiger partial charge in [-0.3, -0.25) is 0 Å². The second-order valence-electron chi connectivity index (χ2n) is 9.01. The number of carbonyl (C=O) groups is 2. The van der Waals surface area contributed by atoms with Crippen LogP contribution in [0.2, 0.25) is 0 Å². The fourth-order valence-corrected chi connectivity index (χ4v) is 3.66. The lowest BCUT2D eigenvalue weighted by Crippen LogP contribution is -2.44. The van der Waals surface area contributed by atoms with Crippen LogP contribution in [0.15, 0.2) is 26.7 Å². The van der Waals surface area contributed by atoms with E-state index >= 15 is 0 Å². The highest BCUT2D eigenvalue weighted by atomic mass is 79.9. The van der Waals surface area contributed by atoms with Gasteiger partial charge in [0.15, 0.2) is 11.5 Å². The van der Waals surface area contributed by atoms with Crippen LogP contribution in [0.25, 0.3) is 22.4 Å². The van der Waals surface area contributed by atoms with E-state index in [1.165, 1.54) is 17.5 Å². The van der Waals surface area contributed by atoms with Gasteiger partial charge in [-0.25, -0.2) is 19.6 Å². The van der Waals surface area contributed by atoms with E-state index in [-0.39, 0.29) is 23.3 Å². The molecule has 0 bridgehead atoms. The summed E-state index contributed by atoms with van der Waals surface area (Å²) in [5.41, 5.74) is -0.780. The Hall–Kier alpha value is -2.86. The summed E-state index contributed by atoms with van der Waals surface area (Å²) in [5.74, 6) is 0.0878. The molecule has 0 fully saturated rings. The summed E-state index contributed by atoms with van der Waals surface area (Å²) in [6.07, 6.45) is -0.631. The summed E-state index contributed by atoms with van der Waals surface area (Å²) in [7, 11) is 0. The van der Waals surface area contributed by atoms with E-state index in [1.54, 1.807) is 41.5 Å². The molecule has 0 saturated carbocycles. The molecule has 3 heterocycles. The number of hydrogen-bond donors (Lipinski definition) is 0. The van der Waals surface area contributed by atoms with Gasteiger partial charge >= 0.3 is 12.2 Å². The van der Waals surface area contributed by atoms with E-state index in [1.807, 2.05) is 18.4 Å². The third kappa shape index (κ3) is 6.14. The molecule has 0 unspecified atom stereocenters. The molecule has 176 valence electrons. The van der Waals surface area contributed by atoms with Crippen LogP contribution in [0.4, 0.5) is 15.4 Å². The molecular formula is C21H24BrN5O5S. The monoisotopic (exact) mass is 537 g/mol. The third-order valence-corrected chi connectivity index (χ3v) is 5.16. The van der Waals surface area contributed by atoms with Crippen molar-refractivity contribution in [2.45, 2.75) is 59.7 Å². The molecule has 10 nitrogen and oxygen atoms in total. The Morgan fingerprint density at radius 1 is 1.03 bits per heavy atom. The van der Waals surface area contributed by atoms with Crippen molar-refractivity contribution in [2.75, 3.05) is 4.90 Å². The highest BCUT2D eigenvalue weighted by molar-refractivity contribution is 9.10. The average molecular weight is 538 g/mol. The first kappa shape index (κ1) is 24.8. The van der Waals surface area contributed by atoms with Crippen LogP contribution in [-0.4, -0.2) is 43.6 Å². The predicted octanol–water partition coefficient (Wildman–Crippen LogP) is 6.00. The van der Waals surface area contributed by atoms with E-state index in [2.05, 4.69) is 36.1 Å². The molecule has 3 rings (SSSR count). The molecule has 0 aliphatic carbocycles. The molecule has 0 saturated heterocycles. The molecule has 0 spiro atoms. The first-order valence-corrected chi connectivity index (χ1v) is 11.6. The summed E-state index contributed by atoms with van der Waals surface area (Å²) in [4.78, 5) is 36.2. The summed E-state index contributed by atoms with van der Waals surface area (Å²) < 4.78 is 17.0. The van der Waals surface area contributed by atoms with Crippen molar-refractivity contribution in [2.24, 2.45) is 0 Å². The van der Waals surface area contributed by atoms with Crippen LogP contribution in [-0.2, 0) is 9.47 Å². The van der Waals surface area contributed by atoms with Crippen LogP contribution in [0.3, 0.4) is 0 Å². The van der Waals surface area contributed by atoms with Crippen LogP contribution in [0, 0.1) is 6.92 Å². The number of nitrogens with zero attached hydrogens (tertiary/aromatic N) is 5. The van der Waals surface area contributed by atoms with E-state index in [0.29, 0.717) is 9.50 Å². The SMILES string of the molecule is Cc1ccsc1-c1nnc(-c2nc(Br)cnc2N(C(=O)OC(C)(C)C)C(=O)OC(C)(C)C)o1. The maximum Gasteiger partial charge on any atom is 0.425 e. The summed E-state index contributed by atoms with van der Waals surface area (Å²) in [6, 6.07) is 1.93. The van der Waals surface area contributed by atoms with Crippen molar-refractivity contribution in [1.82, 2.24) is 20.2 Å². The Labute approximate surface area is 203 Å². The molecular weight excluding hydrogens is 514 g/mol. The zero-order valence-corrected chi connectivity index (χ0v) is 21.7. The van der Waals surface area contributed by atoms with Gasteiger partial charge < -0.3 is 13.9 Å². The van der Waals surface area contributed by atoms with Gasteiger partial charge in [0.25, 0.3) is 11.8 Å². The lowest BCUT2D eigenvalue weighted by Gasteiger charge is -2.28. The van der Waals surface area contributed by atoms with Gasteiger partial charge in [0.05, 0.1) is 11.1 Å². The molecule has 0 aromatic carbocycles. The van der Waals surface area contributed by atoms with Gasteiger partial charge in [-0.1, -0.05) is 0 Å². The minimum absolute atomic E-state index is 0.00838. The first-order chi connectivity index (χ1) is 15.2. The number of amides is 2. The molecule has 2 amide bonds. The lowest BCUT2D eigenvalue weighted by molar-refractivity contribution is 0.0429. The Kier molecular flexibility index (Phi) is 6.89. The van der Waals surface area contributed by atoms with E-state index < -0.39 is 23.4 Å². The van der Waals surface area contributed by atoms with Crippen molar-refractivity contribution in [3.05, 3.63) is 27.8 Å². The van der Waals surface area contributed by atoms with Gasteiger partial charge in [-0.2, -0.15) is 4.90 Å². The van der Waals surface area contributed by atoms with Crippen LogP contribution < -0.4 is 4.90 Å². The maximum atomic E-state index is 13.1. The first-order valence-electron chi connectivity index (χ1n) is 9.92. The van der Waals surface area contributed by atoms with Crippen LogP contribution >= 0.6 is 27.3 Å². The molecule has 0 aliphatic heterocycles. The average Bonchev–Trinajstić information content (AvgIpc) is 3.28. The number of thiophene rings is 1. The lowest BCUT2D eigenvalue weighted by atomic mass is 10.2. The van der Waals surface area contributed by atoms with E-state index in [9.17, 15) is 9.59 Å². The molecule has 0 atom stereocenters. The predicted molar refractivity (Wildman–Crippen MR) is 126 cm³/mol. The largest absolute Gasteiger partial charge is 0.443 e. The van der Waals surface area contributed by atoms with Crippen molar-refractivity contribution < 1.29 is 23.5 Å². The second kappa shape index (κ2) is 9.18. The van der Waals surface area contributed by atoms with Crippen LogP contribution in [0.5, 0.6) is 0 Å². The van der Waals surface area contributed by atoms with Crippen molar-refractivity contribution in [3.63, 3.8) is 0 Å². The Bertz CT molecular complexity index is 1150. The van der Waals surface area contributed by atoms with Gasteiger partial charge in [-0.05, 0) is 81.4 Å². The fraction of sp³-hybridized carbons (Fsp3) is 0.429. The number of ether oxygens (including phenoxy) is 2. The maximum absolute atomic E-state index is 13.1. The number of carbonyl (C=O) groups excluding carboxylic acids is 2. The van der Waals surface area contributed by atoms with Crippen LogP contribution in [0.1, 0.15) is 47.1 Å². The number of aryl methyl sites for hydroxylation is 1. The fourth-order valence-electron chi connectivity index (χ4n) is 2.53. The van der Waals surface area contributed by atoms with Crippen molar-refractivity contribution in [3.8, 4) is 22.4 Å². The molecule has 0 radical (unpaired) electrons. The number of hydrogen-bond acceptors (Lipinski definition) is 10. The number of rotatable bonds is 3. The zero-order chi connectivity index (χ0) is 24.6. The van der Waals surface area contributed by atoms with Gasteiger partial charge in [0.1, 0.15) is 15.8 Å². The molecule has 0 N–H and O–H groups in total. The Morgan fingerprint density at radius 2 is 1.61 bits per heavy atom. The molecule has 3 aromatic heterocycles. The minimum atomic E-state index is -0.983. The topological polar surface area (TPSA) is 121 Å². The Morgan fingerprint density at radius 3 is 2.12 bits per heavy atom. The summed E-state index contributed by atoms with van der Waals surface area (Å²) in [5, 5.41) is 10.1. The smallest absolute Gasteiger partial charge is 0.425 e. The molecule has 33 heavy (non-hydrogen) atoms. The van der Waals surface area contributed by atoms with Crippen molar-refractivity contribution in [1.29, 1.82) is 0 Å². The van der Waals surface area contributed by atoms with Gasteiger partial charge in [0, 0.05) is 0 Å². The van der Waals surface area contributed by atoms with Crippen molar-refractivity contribution >= 4 is 45.3 Å². The molecule has 3 aromatic rings. The number of halogens is 1. The van der Waals surface area contributed by atoms with E-state index in [4.69, 9.17) is 13.9 Å². The minimum Gasteiger partial charge on any atom is -0.443 e. The highest BCUT2D eigenvalue weighted by Crippen LogP contribution is 2.34. The molecule has 0 aliphatic rings. The highest BCUT2D eigenvalue weighted by Gasteiger charge is 2.37.